The molecule has 1 fully saturated rings. The Morgan fingerprint density at radius 3 is 2.57 bits per heavy atom. The van der Waals surface area contributed by atoms with Crippen molar-refractivity contribution in [1.29, 1.82) is 0 Å². The lowest BCUT2D eigenvalue weighted by molar-refractivity contribution is -0.137. The van der Waals surface area contributed by atoms with Gasteiger partial charge in [0.25, 0.3) is 0 Å². The van der Waals surface area contributed by atoms with Gasteiger partial charge in [-0.05, 0) is 61.4 Å². The van der Waals surface area contributed by atoms with Gasteiger partial charge in [-0.3, -0.25) is 9.48 Å². The number of carbonyl (C=O) groups is 1. The first-order chi connectivity index (χ1) is 10.8. The summed E-state index contributed by atoms with van der Waals surface area (Å²) in [6.45, 7) is 1.52. The van der Waals surface area contributed by atoms with Gasteiger partial charge in [-0.1, -0.05) is 0 Å². The van der Waals surface area contributed by atoms with Crippen molar-refractivity contribution in [2.75, 3.05) is 0 Å². The third kappa shape index (κ3) is 3.44. The maximum absolute atomic E-state index is 12.7. The minimum atomic E-state index is -4.40. The predicted molar refractivity (Wildman–Crippen MR) is 81.6 cm³/mol. The van der Waals surface area contributed by atoms with Crippen LogP contribution in [0.5, 0.6) is 0 Å². The van der Waals surface area contributed by atoms with Crippen molar-refractivity contribution in [1.82, 2.24) is 9.78 Å². The molecule has 7 heteroatoms. The monoisotopic (exact) mass is 340 g/mol. The Hall–Kier alpha value is -1.76. The highest BCUT2D eigenvalue weighted by Crippen LogP contribution is 2.40. The Kier molecular flexibility index (Phi) is 4.00. The fraction of sp³-hybridized carbons (Fsp3) is 0.375. The normalized spacial score (nSPS) is 15.0. The Labute approximate surface area is 135 Å². The molecule has 0 bridgehead atoms. The van der Waals surface area contributed by atoms with Crippen LogP contribution in [0.15, 0.2) is 29.3 Å². The predicted octanol–water partition coefficient (Wildman–Crippen LogP) is 4.56. The summed E-state index contributed by atoms with van der Waals surface area (Å²) in [7, 11) is 1.76. The number of alkyl halides is 3. The van der Waals surface area contributed by atoms with Gasteiger partial charge in [0.15, 0.2) is 0 Å². The Morgan fingerprint density at radius 2 is 2.00 bits per heavy atom. The van der Waals surface area contributed by atoms with Crippen LogP contribution in [-0.2, 0) is 13.2 Å². The molecule has 2 aromatic rings. The minimum Gasteiger partial charge on any atom is -0.281 e. The molecular weight excluding hydrogens is 325 g/mol. The number of hydrogen-bond acceptors (Lipinski definition) is 3. The highest BCUT2D eigenvalue weighted by molar-refractivity contribution is 8.14. The van der Waals surface area contributed by atoms with Gasteiger partial charge in [0.2, 0.25) is 5.12 Å². The zero-order valence-electron chi connectivity index (χ0n) is 12.6. The maximum Gasteiger partial charge on any atom is 0.416 e. The summed E-state index contributed by atoms with van der Waals surface area (Å²) >= 11 is 0.997. The molecule has 0 radical (unpaired) electrons. The van der Waals surface area contributed by atoms with Crippen LogP contribution in [0.2, 0.25) is 0 Å². The first kappa shape index (κ1) is 16.1. The molecule has 23 heavy (non-hydrogen) atoms. The Balaban J connectivity index is 1.80. The summed E-state index contributed by atoms with van der Waals surface area (Å²) in [5, 5.41) is 4.81. The van der Waals surface area contributed by atoms with E-state index in [0.717, 1.165) is 42.4 Å². The Bertz CT molecular complexity index is 763. The summed E-state index contributed by atoms with van der Waals surface area (Å²) < 4.78 is 39.7. The minimum absolute atomic E-state index is 0.276. The number of hydrogen-bond donors (Lipinski definition) is 0. The van der Waals surface area contributed by atoms with Gasteiger partial charge >= 0.3 is 6.18 Å². The number of carbonyl (C=O) groups excluding carboxylic acids is 1. The lowest BCUT2D eigenvalue weighted by Crippen LogP contribution is -2.07. The van der Waals surface area contributed by atoms with E-state index >= 15 is 0 Å². The van der Waals surface area contributed by atoms with Crippen molar-refractivity contribution in [3.05, 3.63) is 46.6 Å². The second kappa shape index (κ2) is 5.70. The molecule has 0 N–H and O–H groups in total. The number of aromatic nitrogens is 2. The summed E-state index contributed by atoms with van der Waals surface area (Å²) in [4.78, 5) is 12.4. The van der Waals surface area contributed by atoms with E-state index in [0.29, 0.717) is 16.5 Å². The van der Waals surface area contributed by atoms with Crippen molar-refractivity contribution in [3.8, 4) is 0 Å². The van der Waals surface area contributed by atoms with Gasteiger partial charge in [0.1, 0.15) is 5.03 Å². The second-order valence-electron chi connectivity index (χ2n) is 5.72. The largest absolute Gasteiger partial charge is 0.416 e. The maximum atomic E-state index is 12.7. The highest BCUT2D eigenvalue weighted by atomic mass is 32.2. The molecule has 1 aromatic carbocycles. The van der Waals surface area contributed by atoms with Crippen molar-refractivity contribution in [2.45, 2.75) is 36.9 Å². The zero-order valence-corrected chi connectivity index (χ0v) is 13.5. The molecule has 122 valence electrons. The number of nitrogens with zero attached hydrogens (tertiary/aromatic N) is 2. The van der Waals surface area contributed by atoms with Gasteiger partial charge in [0.05, 0.1) is 11.3 Å². The highest BCUT2D eigenvalue weighted by Gasteiger charge is 2.31. The third-order valence-corrected chi connectivity index (χ3v) is 4.82. The van der Waals surface area contributed by atoms with Gasteiger partial charge in [-0.15, -0.1) is 0 Å². The molecule has 1 saturated carbocycles. The lowest BCUT2D eigenvalue weighted by atomic mass is 10.1. The van der Waals surface area contributed by atoms with Crippen LogP contribution < -0.4 is 0 Å². The van der Waals surface area contributed by atoms with E-state index in [1.807, 2.05) is 6.07 Å². The van der Waals surface area contributed by atoms with Gasteiger partial charge in [0, 0.05) is 18.5 Å². The number of aryl methyl sites for hydroxylation is 2. The molecular formula is C16H15F3N2OS. The molecule has 0 amide bonds. The van der Waals surface area contributed by atoms with Gasteiger partial charge in [-0.2, -0.15) is 18.3 Å². The average molecular weight is 340 g/mol. The van der Waals surface area contributed by atoms with Crippen molar-refractivity contribution in [2.24, 2.45) is 7.05 Å². The van der Waals surface area contributed by atoms with Crippen LogP contribution in [0.3, 0.4) is 0 Å². The zero-order chi connectivity index (χ0) is 16.8. The molecule has 3 rings (SSSR count). The molecule has 0 spiro atoms. The van der Waals surface area contributed by atoms with Crippen LogP contribution in [0.4, 0.5) is 13.2 Å². The molecule has 3 nitrogen and oxygen atoms in total. The van der Waals surface area contributed by atoms with Crippen molar-refractivity contribution < 1.29 is 18.0 Å². The molecule has 0 aliphatic heterocycles. The van der Waals surface area contributed by atoms with E-state index in [2.05, 4.69) is 5.10 Å². The van der Waals surface area contributed by atoms with E-state index in [1.165, 1.54) is 13.0 Å². The summed E-state index contributed by atoms with van der Waals surface area (Å²) in [6, 6.07) is 5.08. The van der Waals surface area contributed by atoms with E-state index < -0.39 is 11.7 Å². The topological polar surface area (TPSA) is 34.9 Å². The standard InChI is InChI=1S/C16H15F3N2OS/c1-9-7-11(16(17,18)19)5-6-12(9)15(22)23-14-8-13(10-3-4-10)20-21(14)2/h5-8,10H,3-4H2,1-2H3. The molecule has 0 atom stereocenters. The van der Waals surface area contributed by atoms with Gasteiger partial charge in [-0.25, -0.2) is 0 Å². The molecule has 1 aliphatic carbocycles. The van der Waals surface area contributed by atoms with Crippen LogP contribution in [-0.4, -0.2) is 14.9 Å². The average Bonchev–Trinajstić information content (AvgIpc) is 3.23. The van der Waals surface area contributed by atoms with E-state index in [-0.39, 0.29) is 10.7 Å². The molecule has 1 aliphatic rings. The fourth-order valence-electron chi connectivity index (χ4n) is 2.36. The molecule has 1 aromatic heterocycles. The number of rotatable bonds is 3. The lowest BCUT2D eigenvalue weighted by Gasteiger charge is -2.10. The first-order valence-electron chi connectivity index (χ1n) is 7.19. The van der Waals surface area contributed by atoms with E-state index in [1.54, 1.807) is 11.7 Å². The van der Waals surface area contributed by atoms with Gasteiger partial charge < -0.3 is 0 Å². The molecule has 1 heterocycles. The smallest absolute Gasteiger partial charge is 0.281 e. The Morgan fingerprint density at radius 1 is 1.30 bits per heavy atom. The van der Waals surface area contributed by atoms with Crippen LogP contribution >= 0.6 is 11.8 Å². The van der Waals surface area contributed by atoms with Crippen LogP contribution in [0.1, 0.15) is 45.9 Å². The van der Waals surface area contributed by atoms with Crippen molar-refractivity contribution >= 4 is 16.9 Å². The summed E-state index contributed by atoms with van der Waals surface area (Å²) in [6.07, 6.45) is -2.17. The van der Waals surface area contributed by atoms with Crippen LogP contribution in [0, 0.1) is 6.92 Å². The molecule has 0 unspecified atom stereocenters. The SMILES string of the molecule is Cc1cc(C(F)(F)F)ccc1C(=O)Sc1cc(C2CC2)nn1C. The fourth-order valence-corrected chi connectivity index (χ4v) is 3.25. The first-order valence-corrected chi connectivity index (χ1v) is 8.01. The molecule has 0 saturated heterocycles. The number of halogens is 3. The number of thioether (sulfide) groups is 1. The summed E-state index contributed by atoms with van der Waals surface area (Å²) in [5.41, 5.74) is 0.846. The third-order valence-electron chi connectivity index (χ3n) is 3.82. The van der Waals surface area contributed by atoms with E-state index in [4.69, 9.17) is 0 Å². The quantitative estimate of drug-likeness (QED) is 0.769. The van der Waals surface area contributed by atoms with Crippen molar-refractivity contribution in [3.63, 3.8) is 0 Å². The van der Waals surface area contributed by atoms with Crippen LogP contribution in [0.25, 0.3) is 0 Å². The summed E-state index contributed by atoms with van der Waals surface area (Å²) in [5.74, 6) is 0.485. The second-order valence-corrected chi connectivity index (χ2v) is 6.72. The number of benzene rings is 1. The van der Waals surface area contributed by atoms with E-state index in [9.17, 15) is 18.0 Å².